The summed E-state index contributed by atoms with van der Waals surface area (Å²) in [4.78, 5) is 31.0. The fourth-order valence-electron chi connectivity index (χ4n) is 4.64. The molecule has 0 unspecified atom stereocenters. The van der Waals surface area contributed by atoms with E-state index in [2.05, 4.69) is 30.0 Å². The van der Waals surface area contributed by atoms with Crippen molar-refractivity contribution in [3.05, 3.63) is 47.1 Å². The van der Waals surface area contributed by atoms with Crippen LogP contribution < -0.4 is 20.5 Å². The number of nitrogens with zero attached hydrogens (tertiary/aromatic N) is 4. The summed E-state index contributed by atoms with van der Waals surface area (Å²) >= 11 is 1.16. The number of primary amides is 1. The van der Waals surface area contributed by atoms with E-state index in [9.17, 15) is 13.2 Å². The molecule has 2 atom stereocenters. The predicted octanol–water partition coefficient (Wildman–Crippen LogP) is 3.06. The van der Waals surface area contributed by atoms with Gasteiger partial charge in [-0.25, -0.2) is 18.4 Å². The first-order valence-corrected chi connectivity index (χ1v) is 15.2. The summed E-state index contributed by atoms with van der Waals surface area (Å²) in [6.07, 6.45) is 9.94. The highest BCUT2D eigenvalue weighted by Crippen LogP contribution is 2.40. The molecule has 1 aliphatic carbocycles. The van der Waals surface area contributed by atoms with Crippen molar-refractivity contribution in [2.75, 3.05) is 17.9 Å². The first-order valence-electron chi connectivity index (χ1n) is 12.8. The van der Waals surface area contributed by atoms with Gasteiger partial charge < -0.3 is 15.8 Å². The Balaban J connectivity index is 1.58. The third-order valence-electron chi connectivity index (χ3n) is 6.63. The third kappa shape index (κ3) is 6.11. The summed E-state index contributed by atoms with van der Waals surface area (Å²) in [6, 6.07) is 3.60. The Morgan fingerprint density at radius 1 is 1.26 bits per heavy atom. The van der Waals surface area contributed by atoms with Gasteiger partial charge in [-0.05, 0) is 57.7 Å². The van der Waals surface area contributed by atoms with Crippen molar-refractivity contribution in [3.8, 4) is 16.5 Å². The van der Waals surface area contributed by atoms with Gasteiger partial charge in [0.25, 0.3) is 5.91 Å². The van der Waals surface area contributed by atoms with Gasteiger partial charge in [0.2, 0.25) is 15.9 Å². The number of hydrogen-bond donors (Lipinski definition) is 3. The largest absolute Gasteiger partial charge is 0.477 e. The van der Waals surface area contributed by atoms with Gasteiger partial charge in [-0.2, -0.15) is 0 Å². The maximum Gasteiger partial charge on any atom is 0.277 e. The maximum absolute atomic E-state index is 12.6. The number of ether oxygens (including phenoxy) is 1. The number of sulfonamides is 1. The van der Waals surface area contributed by atoms with E-state index >= 15 is 0 Å². The summed E-state index contributed by atoms with van der Waals surface area (Å²) in [5, 5.41) is 3.39. The van der Waals surface area contributed by atoms with Crippen molar-refractivity contribution in [2.24, 2.45) is 5.73 Å². The fraction of sp³-hybridized carbons (Fsp3) is 0.480. The van der Waals surface area contributed by atoms with Crippen molar-refractivity contribution < 1.29 is 17.9 Å². The average molecular weight is 558 g/mol. The number of nitrogens with two attached hydrogens (primary N) is 1. The highest BCUT2D eigenvalue weighted by Gasteiger charge is 2.36. The molecule has 0 aromatic carbocycles. The van der Waals surface area contributed by atoms with Crippen LogP contribution in [0.25, 0.3) is 10.6 Å². The molecule has 1 saturated heterocycles. The Morgan fingerprint density at radius 2 is 2.11 bits per heavy atom. The minimum atomic E-state index is -3.44. The standard InChI is InChI=1S/C25H31N7O4S2/c1-2-36-21-14-27-13-20(30-21)23-22(31-25(37-23)24(26)33)18(11-15-5-3-4-9-28-15)19-12-16(8-10-29-19)32-38(34,35)17-6-7-17/h8,10,12-15,17-18,28H,2-7,9,11H2,1H3,(H2,26,33)(H,29,32)/t15-,18+/m1/s1. The number of piperidine rings is 1. The fourth-order valence-corrected chi connectivity index (χ4v) is 6.95. The molecule has 1 amide bonds. The summed E-state index contributed by atoms with van der Waals surface area (Å²) in [7, 11) is -3.44. The lowest BCUT2D eigenvalue weighted by atomic mass is 9.88. The number of carbonyl (C=O) groups excluding carboxylic acids is 1. The average Bonchev–Trinajstić information content (AvgIpc) is 3.68. The van der Waals surface area contributed by atoms with Crippen LogP contribution in [0.15, 0.2) is 30.7 Å². The molecule has 2 fully saturated rings. The summed E-state index contributed by atoms with van der Waals surface area (Å²) < 4.78 is 33.5. The zero-order valence-corrected chi connectivity index (χ0v) is 22.7. The smallest absolute Gasteiger partial charge is 0.277 e. The van der Waals surface area contributed by atoms with Crippen LogP contribution in [-0.2, 0) is 10.0 Å². The van der Waals surface area contributed by atoms with E-state index in [1.807, 2.05) is 6.92 Å². The molecule has 0 radical (unpaired) electrons. The highest BCUT2D eigenvalue weighted by molar-refractivity contribution is 7.93. The van der Waals surface area contributed by atoms with Crippen LogP contribution >= 0.6 is 11.3 Å². The van der Waals surface area contributed by atoms with Crippen molar-refractivity contribution in [1.29, 1.82) is 0 Å². The number of amides is 1. The summed E-state index contributed by atoms with van der Waals surface area (Å²) in [6.45, 7) is 3.22. The number of anilines is 1. The normalized spacial score (nSPS) is 18.6. The molecular formula is C25H31N7O4S2. The topological polar surface area (TPSA) is 162 Å². The number of carbonyl (C=O) groups is 1. The van der Waals surface area contributed by atoms with E-state index in [0.29, 0.717) is 59.4 Å². The molecule has 5 rings (SSSR count). The minimum absolute atomic E-state index is 0.158. The van der Waals surface area contributed by atoms with Crippen molar-refractivity contribution >= 4 is 33.0 Å². The van der Waals surface area contributed by atoms with E-state index in [0.717, 1.165) is 37.1 Å². The van der Waals surface area contributed by atoms with Crippen LogP contribution in [0, 0.1) is 0 Å². The molecule has 0 spiro atoms. The van der Waals surface area contributed by atoms with Crippen LogP contribution in [0.2, 0.25) is 0 Å². The minimum Gasteiger partial charge on any atom is -0.477 e. The molecule has 4 N–H and O–H groups in total. The van der Waals surface area contributed by atoms with Gasteiger partial charge in [0, 0.05) is 18.2 Å². The Hall–Kier alpha value is -3.16. The molecule has 2 aliphatic rings. The molecule has 202 valence electrons. The monoisotopic (exact) mass is 557 g/mol. The van der Waals surface area contributed by atoms with Gasteiger partial charge in [-0.3, -0.25) is 19.5 Å². The second-order valence-corrected chi connectivity index (χ2v) is 12.5. The Kier molecular flexibility index (Phi) is 7.86. The second-order valence-electron chi connectivity index (χ2n) is 9.52. The molecule has 11 nitrogen and oxygen atoms in total. The van der Waals surface area contributed by atoms with Gasteiger partial charge in [0.15, 0.2) is 5.01 Å². The van der Waals surface area contributed by atoms with E-state index in [-0.39, 0.29) is 22.2 Å². The summed E-state index contributed by atoms with van der Waals surface area (Å²) in [5.41, 5.74) is 7.86. The Labute approximate surface area is 225 Å². The lowest BCUT2D eigenvalue weighted by molar-refractivity contribution is 0.0999. The summed E-state index contributed by atoms with van der Waals surface area (Å²) in [5.74, 6) is -0.622. The Morgan fingerprint density at radius 3 is 2.82 bits per heavy atom. The highest BCUT2D eigenvalue weighted by atomic mass is 32.2. The van der Waals surface area contributed by atoms with Crippen LogP contribution in [0.4, 0.5) is 5.69 Å². The zero-order chi connectivity index (χ0) is 26.7. The van der Waals surface area contributed by atoms with E-state index < -0.39 is 15.9 Å². The Bertz CT molecular complexity index is 1400. The SMILES string of the molecule is CCOc1cncc(-c2sc(C(N)=O)nc2[C@@H](C[C@H]2CCCCN2)c2cc(NS(=O)(=O)C3CC3)ccn2)n1. The van der Waals surface area contributed by atoms with Gasteiger partial charge in [-0.15, -0.1) is 11.3 Å². The first-order chi connectivity index (χ1) is 18.3. The zero-order valence-electron chi connectivity index (χ0n) is 21.1. The molecule has 4 heterocycles. The number of hydrogen-bond acceptors (Lipinski definition) is 10. The van der Waals surface area contributed by atoms with Gasteiger partial charge in [0.1, 0.15) is 5.69 Å². The molecule has 1 aliphatic heterocycles. The second kappa shape index (κ2) is 11.3. The van der Waals surface area contributed by atoms with Gasteiger partial charge in [0.05, 0.1) is 46.2 Å². The van der Waals surface area contributed by atoms with E-state index in [1.54, 1.807) is 24.5 Å². The van der Waals surface area contributed by atoms with Crippen LogP contribution in [0.3, 0.4) is 0 Å². The molecule has 0 bridgehead atoms. The van der Waals surface area contributed by atoms with Crippen molar-refractivity contribution in [1.82, 2.24) is 25.3 Å². The lowest BCUT2D eigenvalue weighted by Crippen LogP contribution is -2.35. The number of pyridine rings is 1. The molecule has 3 aromatic rings. The molecule has 38 heavy (non-hydrogen) atoms. The van der Waals surface area contributed by atoms with Crippen LogP contribution in [-0.4, -0.2) is 58.7 Å². The number of aromatic nitrogens is 4. The third-order valence-corrected chi connectivity index (χ3v) is 9.60. The van der Waals surface area contributed by atoms with Gasteiger partial charge >= 0.3 is 0 Å². The van der Waals surface area contributed by atoms with Crippen LogP contribution in [0.5, 0.6) is 5.88 Å². The van der Waals surface area contributed by atoms with Crippen LogP contribution in [0.1, 0.15) is 72.6 Å². The molecule has 3 aromatic heterocycles. The maximum atomic E-state index is 12.6. The van der Waals surface area contributed by atoms with Gasteiger partial charge in [-0.1, -0.05) is 6.42 Å². The van der Waals surface area contributed by atoms with E-state index in [4.69, 9.17) is 10.5 Å². The number of rotatable bonds is 11. The van der Waals surface area contributed by atoms with E-state index in [1.165, 1.54) is 6.20 Å². The molecular weight excluding hydrogens is 526 g/mol. The molecule has 13 heteroatoms. The number of thiazole rings is 1. The van der Waals surface area contributed by atoms with Crippen molar-refractivity contribution in [3.63, 3.8) is 0 Å². The van der Waals surface area contributed by atoms with Crippen molar-refractivity contribution in [2.45, 2.75) is 62.7 Å². The quantitative estimate of drug-likeness (QED) is 0.322. The lowest BCUT2D eigenvalue weighted by Gasteiger charge is -2.27. The number of nitrogens with one attached hydrogen (secondary N) is 2. The first kappa shape index (κ1) is 26.4. The molecule has 1 saturated carbocycles. The predicted molar refractivity (Wildman–Crippen MR) is 145 cm³/mol.